The van der Waals surface area contributed by atoms with E-state index in [1.807, 2.05) is 0 Å². The molecule has 19 heteroatoms. The zero-order valence-corrected chi connectivity index (χ0v) is 29.0. The van der Waals surface area contributed by atoms with Crippen LogP contribution >= 0.6 is 0 Å². The summed E-state index contributed by atoms with van der Waals surface area (Å²) in [6, 6.07) is 11.2. The van der Waals surface area contributed by atoms with Crippen LogP contribution in [0.5, 0.6) is 109 Å². The predicted octanol–water partition coefficient (Wildman–Crippen LogP) is 5.71. The molecule has 0 fully saturated rings. The Balaban J connectivity index is 1.69. The number of hydrogen-bond donors (Lipinski definition) is 19. The lowest BCUT2D eigenvalue weighted by molar-refractivity contribution is 0.347. The van der Waals surface area contributed by atoms with E-state index in [4.69, 9.17) is 0 Å². The highest BCUT2D eigenvalue weighted by molar-refractivity contribution is 6.32. The maximum Gasteiger partial charge on any atom is 0.205 e. The first-order valence-electron chi connectivity index (χ1n) is 16.6. The topological polar surface area (TPSA) is 384 Å². The molecule has 0 atom stereocenters. The Morgan fingerprint density at radius 1 is 0.203 bits per heavy atom. The van der Waals surface area contributed by atoms with Gasteiger partial charge in [0.1, 0.15) is 0 Å². The monoisotopic (exact) mass is 810 g/mol. The number of hydrogen-bond acceptors (Lipinski definition) is 19. The summed E-state index contributed by atoms with van der Waals surface area (Å²) in [4.78, 5) is 0. The molecule has 8 rings (SSSR count). The molecule has 0 amide bonds. The van der Waals surface area contributed by atoms with Crippen LogP contribution in [-0.2, 0) is 0 Å². The van der Waals surface area contributed by atoms with Gasteiger partial charge in [-0.3, -0.25) is 0 Å². The Hall–Kier alpha value is -9.00. The minimum absolute atomic E-state index is 0.00104. The lowest BCUT2D eigenvalue weighted by Gasteiger charge is -2.25. The Labute approximate surface area is 324 Å². The lowest BCUT2D eigenvalue weighted by Crippen LogP contribution is -1.97. The van der Waals surface area contributed by atoms with Crippen molar-refractivity contribution in [1.82, 2.24) is 0 Å². The standard InChI is InChI=1S/C40H26O19/c41-22-11(10-6-5-8-3-1-2-4-9(8)7-10)23(42)31(50)20(30(22)49)13-17-14(25(44)35(54)37(56)27(17)46)12(15-18(13)28(47)38(57)36(55)26(15)45)16-19-21(32(51)34(53)24(16)43)33(52)40(59)39(58)29(19)48/h1-7,41-59H. The number of phenols is 19. The SMILES string of the molecule is Oc1c(O)c(-c2c3c(O)c(O)c(O)c(O)c3c(-c3c(O)c(O)c(O)c4c(O)c(O)c(O)c(O)c34)c3c(O)c(O)c(O)c(O)c23)c(O)c(O)c1-c1ccc2ccccc2c1. The van der Waals surface area contributed by atoms with Crippen LogP contribution in [0, 0.1) is 0 Å². The lowest BCUT2D eigenvalue weighted by atomic mass is 9.81. The summed E-state index contributed by atoms with van der Waals surface area (Å²) in [6.07, 6.45) is 0. The van der Waals surface area contributed by atoms with Gasteiger partial charge in [0.2, 0.25) is 40.2 Å². The van der Waals surface area contributed by atoms with Crippen molar-refractivity contribution < 1.29 is 97.0 Å². The van der Waals surface area contributed by atoms with Crippen molar-refractivity contribution in [2.45, 2.75) is 0 Å². The van der Waals surface area contributed by atoms with Gasteiger partial charge in [-0.25, -0.2) is 0 Å². The highest BCUT2D eigenvalue weighted by Gasteiger charge is 2.39. The van der Waals surface area contributed by atoms with Crippen LogP contribution in [0.25, 0.3) is 76.5 Å². The summed E-state index contributed by atoms with van der Waals surface area (Å²) >= 11 is 0. The molecule has 0 radical (unpaired) electrons. The minimum atomic E-state index is -1.61. The fourth-order valence-electron chi connectivity index (χ4n) is 7.56. The van der Waals surface area contributed by atoms with Crippen LogP contribution in [0.3, 0.4) is 0 Å². The third kappa shape index (κ3) is 4.51. The van der Waals surface area contributed by atoms with E-state index in [0.717, 1.165) is 0 Å². The molecule has 0 aliphatic carbocycles. The Morgan fingerprint density at radius 2 is 0.492 bits per heavy atom. The second kappa shape index (κ2) is 12.0. The normalized spacial score (nSPS) is 11.7. The molecule has 0 saturated carbocycles. The van der Waals surface area contributed by atoms with Crippen molar-refractivity contribution in [3.63, 3.8) is 0 Å². The average Bonchev–Trinajstić information content (AvgIpc) is 3.22. The molecule has 19 nitrogen and oxygen atoms in total. The number of rotatable bonds is 3. The third-order valence-corrected chi connectivity index (χ3v) is 10.3. The molecule has 0 unspecified atom stereocenters. The predicted molar refractivity (Wildman–Crippen MR) is 204 cm³/mol. The molecule has 0 aliphatic rings. The number of phenolic OH excluding ortho intramolecular Hbond substituents is 19. The maximum absolute atomic E-state index is 11.7. The molecule has 300 valence electrons. The van der Waals surface area contributed by atoms with E-state index in [1.165, 1.54) is 12.1 Å². The van der Waals surface area contributed by atoms with Crippen LogP contribution in [-0.4, -0.2) is 97.0 Å². The molecule has 8 aromatic carbocycles. The molecule has 59 heavy (non-hydrogen) atoms. The summed E-state index contributed by atoms with van der Waals surface area (Å²) in [7, 11) is 0. The molecule has 0 bridgehead atoms. The summed E-state index contributed by atoms with van der Waals surface area (Å²) in [6.45, 7) is 0. The fourth-order valence-corrected chi connectivity index (χ4v) is 7.56. The molecular formula is C40H26O19. The van der Waals surface area contributed by atoms with Crippen LogP contribution in [0.15, 0.2) is 42.5 Å². The quantitative estimate of drug-likeness (QED) is 0.0577. The molecule has 8 aromatic rings. The average molecular weight is 811 g/mol. The van der Waals surface area contributed by atoms with E-state index in [1.54, 1.807) is 30.3 Å². The molecule has 0 saturated heterocycles. The van der Waals surface area contributed by atoms with E-state index in [9.17, 15) is 97.0 Å². The van der Waals surface area contributed by atoms with Crippen LogP contribution in [0.1, 0.15) is 0 Å². The van der Waals surface area contributed by atoms with Gasteiger partial charge in [-0.05, 0) is 22.4 Å². The van der Waals surface area contributed by atoms with Crippen molar-refractivity contribution in [2.24, 2.45) is 0 Å². The number of fused-ring (bicyclic) bond motifs is 4. The van der Waals surface area contributed by atoms with E-state index >= 15 is 0 Å². The summed E-state index contributed by atoms with van der Waals surface area (Å²) < 4.78 is 0. The van der Waals surface area contributed by atoms with E-state index in [-0.39, 0.29) is 5.56 Å². The van der Waals surface area contributed by atoms with Crippen molar-refractivity contribution in [3.8, 4) is 143 Å². The highest BCUT2D eigenvalue weighted by atomic mass is 16.4. The molecule has 0 aliphatic heterocycles. The van der Waals surface area contributed by atoms with Crippen molar-refractivity contribution in [1.29, 1.82) is 0 Å². The van der Waals surface area contributed by atoms with Crippen LogP contribution in [0.4, 0.5) is 0 Å². The summed E-state index contributed by atoms with van der Waals surface area (Å²) in [5, 5.41) is 206. The van der Waals surface area contributed by atoms with E-state index in [2.05, 4.69) is 0 Å². The van der Waals surface area contributed by atoms with Crippen molar-refractivity contribution in [3.05, 3.63) is 42.5 Å². The van der Waals surface area contributed by atoms with Gasteiger partial charge in [0.25, 0.3) is 0 Å². The first-order valence-corrected chi connectivity index (χ1v) is 16.6. The van der Waals surface area contributed by atoms with Gasteiger partial charge < -0.3 is 97.0 Å². The second-order valence-electron chi connectivity index (χ2n) is 13.3. The minimum Gasteiger partial charge on any atom is -0.504 e. The second-order valence-corrected chi connectivity index (χ2v) is 13.3. The molecule has 0 aromatic heterocycles. The van der Waals surface area contributed by atoms with E-state index < -0.39 is 169 Å². The molecule has 0 spiro atoms. The first-order chi connectivity index (χ1) is 27.8. The van der Waals surface area contributed by atoms with Gasteiger partial charge in [-0.2, -0.15) is 0 Å². The Morgan fingerprint density at radius 3 is 0.898 bits per heavy atom. The van der Waals surface area contributed by atoms with Crippen molar-refractivity contribution >= 4 is 43.1 Å². The van der Waals surface area contributed by atoms with Crippen LogP contribution in [0.2, 0.25) is 0 Å². The summed E-state index contributed by atoms with van der Waals surface area (Å²) in [5.74, 6) is -28.8. The number of aromatic hydroxyl groups is 19. The van der Waals surface area contributed by atoms with Gasteiger partial charge in [0, 0.05) is 43.6 Å². The van der Waals surface area contributed by atoms with Crippen molar-refractivity contribution in [2.75, 3.05) is 0 Å². The zero-order chi connectivity index (χ0) is 43.0. The van der Waals surface area contributed by atoms with Gasteiger partial charge in [0.05, 0.1) is 16.5 Å². The fraction of sp³-hybridized carbons (Fsp3) is 0. The number of benzene rings is 8. The van der Waals surface area contributed by atoms with Crippen LogP contribution < -0.4 is 0 Å². The molecule has 0 heterocycles. The zero-order valence-electron chi connectivity index (χ0n) is 29.0. The Kier molecular flexibility index (Phi) is 7.51. The smallest absolute Gasteiger partial charge is 0.205 e. The van der Waals surface area contributed by atoms with Gasteiger partial charge in [-0.1, -0.05) is 36.4 Å². The van der Waals surface area contributed by atoms with Gasteiger partial charge in [-0.15, -0.1) is 0 Å². The summed E-state index contributed by atoms with van der Waals surface area (Å²) in [5.41, 5.74) is -5.45. The van der Waals surface area contributed by atoms with Gasteiger partial charge in [0.15, 0.2) is 69.0 Å². The first kappa shape index (κ1) is 36.9. The highest BCUT2D eigenvalue weighted by Crippen LogP contribution is 2.68. The molecule has 19 N–H and O–H groups in total. The largest absolute Gasteiger partial charge is 0.504 e. The van der Waals surface area contributed by atoms with E-state index in [0.29, 0.717) is 10.8 Å². The third-order valence-electron chi connectivity index (χ3n) is 10.3. The molecular weight excluding hydrogens is 784 g/mol. The maximum atomic E-state index is 11.7. The van der Waals surface area contributed by atoms with Gasteiger partial charge >= 0.3 is 0 Å². The Bertz CT molecular complexity index is 3140.